The van der Waals surface area contributed by atoms with Gasteiger partial charge in [0.25, 0.3) is 0 Å². The fraction of sp³-hybridized carbons (Fsp3) is 0.500. The molecule has 1 aromatic rings. The molecule has 0 saturated heterocycles. The second kappa shape index (κ2) is 5.49. The number of carboxylic acid groups (broad SMARTS) is 1. The molecule has 0 radical (unpaired) electrons. The summed E-state index contributed by atoms with van der Waals surface area (Å²) < 4.78 is 51.0. The lowest BCUT2D eigenvalue weighted by Gasteiger charge is -2.34. The minimum absolute atomic E-state index is 0.132. The van der Waals surface area contributed by atoms with E-state index in [9.17, 15) is 32.2 Å². The fourth-order valence-corrected chi connectivity index (χ4v) is 3.89. The predicted octanol–water partition coefficient (Wildman–Crippen LogP) is 2.36. The monoisotopic (exact) mass is 334 g/mol. The smallest absolute Gasteiger partial charge is 0.314 e. The van der Waals surface area contributed by atoms with Crippen molar-refractivity contribution >= 4 is 15.8 Å². The Morgan fingerprint density at radius 3 is 2.23 bits per heavy atom. The molecule has 0 aliphatic heterocycles. The number of carbonyl (C=O) groups is 1. The van der Waals surface area contributed by atoms with Gasteiger partial charge in [0, 0.05) is 11.8 Å². The van der Waals surface area contributed by atoms with Crippen molar-refractivity contribution in [3.63, 3.8) is 0 Å². The van der Waals surface area contributed by atoms with Crippen LogP contribution < -0.4 is 0 Å². The molecule has 1 aliphatic rings. The van der Waals surface area contributed by atoms with Crippen LogP contribution in [0.4, 0.5) is 8.78 Å². The highest BCUT2D eigenvalue weighted by atomic mass is 32.2. The molecule has 1 aromatic carbocycles. The van der Waals surface area contributed by atoms with E-state index < -0.39 is 49.1 Å². The average Bonchev–Trinajstić information content (AvgIpc) is 2.42. The predicted molar refractivity (Wildman–Crippen MR) is 73.5 cm³/mol. The van der Waals surface area contributed by atoms with Crippen LogP contribution in [0.1, 0.15) is 37.7 Å². The number of phenolic OH excluding ortho intramolecular Hbond substituents is 1. The van der Waals surface area contributed by atoms with Crippen molar-refractivity contribution in [1.29, 1.82) is 0 Å². The van der Waals surface area contributed by atoms with Gasteiger partial charge in [-0.2, -0.15) is 0 Å². The van der Waals surface area contributed by atoms with Gasteiger partial charge in [-0.15, -0.1) is 0 Å². The van der Waals surface area contributed by atoms with Crippen LogP contribution in [0.25, 0.3) is 0 Å². The van der Waals surface area contributed by atoms with Crippen molar-refractivity contribution < 1.29 is 32.2 Å². The second-order valence-electron chi connectivity index (χ2n) is 5.62. The van der Waals surface area contributed by atoms with E-state index in [2.05, 4.69) is 0 Å². The third kappa shape index (κ3) is 2.55. The Balaban J connectivity index is 2.74. The number of benzene rings is 1. The van der Waals surface area contributed by atoms with Gasteiger partial charge >= 0.3 is 5.97 Å². The molecule has 0 unspecified atom stereocenters. The number of carboxylic acids is 1. The number of aromatic hydroxyl groups is 1. The topological polar surface area (TPSA) is 91.7 Å². The molecular formula is C14H16F2O5S. The van der Waals surface area contributed by atoms with Gasteiger partial charge in [0.2, 0.25) is 0 Å². The maximum atomic E-state index is 14.1. The Morgan fingerprint density at radius 1 is 1.23 bits per heavy atom. The Bertz CT molecular complexity index is 721. The molecule has 5 nitrogen and oxygen atoms in total. The summed E-state index contributed by atoms with van der Waals surface area (Å²) in [5.74, 6) is -5.41. The molecule has 1 saturated carbocycles. The molecule has 122 valence electrons. The van der Waals surface area contributed by atoms with Crippen LogP contribution in [0.3, 0.4) is 0 Å². The van der Waals surface area contributed by atoms with Crippen LogP contribution in [0.15, 0.2) is 11.0 Å². The lowest BCUT2D eigenvalue weighted by atomic mass is 9.69. The number of hydrogen-bond donors (Lipinski definition) is 2. The molecule has 8 heteroatoms. The zero-order chi connectivity index (χ0) is 16.7. The number of rotatable bonds is 3. The maximum absolute atomic E-state index is 14.1. The summed E-state index contributed by atoms with van der Waals surface area (Å²) in [7, 11) is -4.23. The molecule has 1 aliphatic carbocycles. The van der Waals surface area contributed by atoms with Gasteiger partial charge in [-0.05, 0) is 18.9 Å². The fourth-order valence-electron chi connectivity index (χ4n) is 3.05. The van der Waals surface area contributed by atoms with E-state index in [1.54, 1.807) is 0 Å². The molecule has 0 atom stereocenters. The Kier molecular flexibility index (Phi) is 4.16. The number of phenols is 1. The molecule has 0 amide bonds. The normalized spacial score (nSPS) is 18.1. The minimum atomic E-state index is -4.23. The van der Waals surface area contributed by atoms with Crippen molar-refractivity contribution in [2.75, 3.05) is 6.26 Å². The SMILES string of the molecule is CS(=O)(=O)c1c(F)cc(C2(C(=O)O)CCCCC2)c(O)c1F. The molecule has 2 rings (SSSR count). The Hall–Kier alpha value is -1.70. The molecule has 0 heterocycles. The van der Waals surface area contributed by atoms with Gasteiger partial charge in [0.05, 0.1) is 5.41 Å². The summed E-state index contributed by atoms with van der Waals surface area (Å²) in [5.41, 5.74) is -2.00. The van der Waals surface area contributed by atoms with Gasteiger partial charge in [-0.25, -0.2) is 17.2 Å². The first-order chi connectivity index (χ1) is 10.1. The lowest BCUT2D eigenvalue weighted by Crippen LogP contribution is -2.38. The Morgan fingerprint density at radius 2 is 1.77 bits per heavy atom. The molecule has 1 fully saturated rings. The zero-order valence-corrected chi connectivity index (χ0v) is 12.7. The molecule has 22 heavy (non-hydrogen) atoms. The largest absolute Gasteiger partial charge is 0.505 e. The standard InChI is InChI=1S/C14H16F2O5S/c1-22(20,21)12-9(15)7-8(11(17)10(12)16)14(13(18)19)5-3-2-4-6-14/h7,17H,2-6H2,1H3,(H,18,19). The van der Waals surface area contributed by atoms with Crippen molar-refractivity contribution in [2.45, 2.75) is 42.4 Å². The van der Waals surface area contributed by atoms with Gasteiger partial charge in [0.1, 0.15) is 10.7 Å². The van der Waals surface area contributed by atoms with E-state index in [0.29, 0.717) is 25.2 Å². The Labute approximate surface area is 126 Å². The number of hydrogen-bond acceptors (Lipinski definition) is 4. The molecule has 0 aromatic heterocycles. The first-order valence-corrected chi connectivity index (χ1v) is 8.65. The lowest BCUT2D eigenvalue weighted by molar-refractivity contribution is -0.145. The van der Waals surface area contributed by atoms with Crippen LogP contribution in [-0.4, -0.2) is 30.9 Å². The summed E-state index contributed by atoms with van der Waals surface area (Å²) in [6.07, 6.45) is 2.76. The minimum Gasteiger partial charge on any atom is -0.505 e. The summed E-state index contributed by atoms with van der Waals surface area (Å²) in [4.78, 5) is 10.4. The van der Waals surface area contributed by atoms with E-state index in [1.165, 1.54) is 0 Å². The molecule has 0 bridgehead atoms. The van der Waals surface area contributed by atoms with Gasteiger partial charge in [0.15, 0.2) is 21.4 Å². The summed E-state index contributed by atoms with van der Waals surface area (Å²) in [5, 5.41) is 19.5. The van der Waals surface area contributed by atoms with Crippen LogP contribution in [0.2, 0.25) is 0 Å². The van der Waals surface area contributed by atoms with E-state index in [4.69, 9.17) is 0 Å². The zero-order valence-electron chi connectivity index (χ0n) is 11.9. The number of sulfone groups is 1. The van der Waals surface area contributed by atoms with Gasteiger partial charge in [-0.3, -0.25) is 4.79 Å². The molecule has 0 spiro atoms. The number of aliphatic carboxylic acids is 1. The first kappa shape index (κ1) is 16.7. The van der Waals surface area contributed by atoms with Crippen molar-refractivity contribution in [3.8, 4) is 5.75 Å². The average molecular weight is 334 g/mol. The van der Waals surface area contributed by atoms with E-state index in [1.807, 2.05) is 0 Å². The quantitative estimate of drug-likeness (QED) is 0.885. The second-order valence-corrected chi connectivity index (χ2v) is 7.57. The highest BCUT2D eigenvalue weighted by molar-refractivity contribution is 7.90. The van der Waals surface area contributed by atoms with Gasteiger partial charge in [-0.1, -0.05) is 19.3 Å². The van der Waals surface area contributed by atoms with E-state index in [-0.39, 0.29) is 12.8 Å². The molecular weight excluding hydrogens is 318 g/mol. The van der Waals surface area contributed by atoms with Gasteiger partial charge < -0.3 is 10.2 Å². The van der Waals surface area contributed by atoms with Crippen LogP contribution in [0.5, 0.6) is 5.75 Å². The highest BCUT2D eigenvalue weighted by Crippen LogP contribution is 2.45. The van der Waals surface area contributed by atoms with Crippen molar-refractivity contribution in [2.24, 2.45) is 0 Å². The van der Waals surface area contributed by atoms with E-state index in [0.717, 1.165) is 6.42 Å². The van der Waals surface area contributed by atoms with E-state index >= 15 is 0 Å². The summed E-state index contributed by atoms with van der Waals surface area (Å²) in [6.45, 7) is 0. The summed E-state index contributed by atoms with van der Waals surface area (Å²) >= 11 is 0. The third-order valence-electron chi connectivity index (χ3n) is 4.15. The third-order valence-corrected chi connectivity index (χ3v) is 5.27. The van der Waals surface area contributed by atoms with Crippen LogP contribution >= 0.6 is 0 Å². The molecule has 2 N–H and O–H groups in total. The number of halogens is 2. The van der Waals surface area contributed by atoms with Crippen LogP contribution in [-0.2, 0) is 20.0 Å². The van der Waals surface area contributed by atoms with Crippen molar-refractivity contribution in [3.05, 3.63) is 23.3 Å². The summed E-state index contributed by atoms with van der Waals surface area (Å²) in [6, 6.07) is 0.633. The van der Waals surface area contributed by atoms with Crippen LogP contribution in [0, 0.1) is 11.6 Å². The maximum Gasteiger partial charge on any atom is 0.314 e. The highest BCUT2D eigenvalue weighted by Gasteiger charge is 2.45. The first-order valence-electron chi connectivity index (χ1n) is 6.76. The van der Waals surface area contributed by atoms with Crippen molar-refractivity contribution in [1.82, 2.24) is 0 Å².